The van der Waals surface area contributed by atoms with Crippen molar-refractivity contribution in [3.05, 3.63) is 0 Å². The van der Waals surface area contributed by atoms with Crippen molar-refractivity contribution < 1.29 is 0 Å². The Hall–Kier alpha value is -0.200. The molecule has 2 nitrogen and oxygen atoms in total. The molecule has 0 radical (unpaired) electrons. The fourth-order valence-corrected chi connectivity index (χ4v) is 2.92. The van der Waals surface area contributed by atoms with Gasteiger partial charge in [-0.25, -0.2) is 0 Å². The van der Waals surface area contributed by atoms with Gasteiger partial charge in [0.25, 0.3) is 0 Å². The van der Waals surface area contributed by atoms with Crippen molar-refractivity contribution in [2.24, 2.45) is 0 Å². The molecule has 1 fully saturated rings. The lowest BCUT2D eigenvalue weighted by Crippen LogP contribution is -2.32. The maximum atomic E-state index is 8.38. The number of rotatable bonds is 5. The SMILES string of the molecule is CN(CCCCC#N)C1CCSC1. The van der Waals surface area contributed by atoms with Gasteiger partial charge in [0.15, 0.2) is 0 Å². The van der Waals surface area contributed by atoms with E-state index in [9.17, 15) is 0 Å². The molecule has 0 saturated carbocycles. The average Bonchev–Trinajstić information content (AvgIpc) is 2.65. The van der Waals surface area contributed by atoms with Crippen molar-refractivity contribution in [3.63, 3.8) is 0 Å². The standard InChI is InChI=1S/C10H18N2S/c1-12(7-4-2-3-6-11)10-5-8-13-9-10/h10H,2-5,7-9H2,1H3. The molecule has 0 aromatic heterocycles. The molecule has 1 saturated heterocycles. The van der Waals surface area contributed by atoms with Crippen LogP contribution in [0.15, 0.2) is 0 Å². The van der Waals surface area contributed by atoms with Crippen LogP contribution in [-0.2, 0) is 0 Å². The Morgan fingerprint density at radius 2 is 2.38 bits per heavy atom. The first-order valence-electron chi connectivity index (χ1n) is 4.99. The minimum Gasteiger partial charge on any atom is -0.303 e. The first kappa shape index (κ1) is 10.9. The lowest BCUT2D eigenvalue weighted by Gasteiger charge is -2.22. The molecule has 0 amide bonds. The van der Waals surface area contributed by atoms with Crippen LogP contribution in [0.5, 0.6) is 0 Å². The smallest absolute Gasteiger partial charge is 0.0621 e. The molecule has 3 heteroatoms. The van der Waals surface area contributed by atoms with Crippen molar-refractivity contribution in [2.45, 2.75) is 31.7 Å². The molecule has 1 aliphatic heterocycles. The molecule has 74 valence electrons. The summed E-state index contributed by atoms with van der Waals surface area (Å²) in [5.74, 6) is 2.63. The maximum Gasteiger partial charge on any atom is 0.0621 e. The second-order valence-electron chi connectivity index (χ2n) is 3.61. The van der Waals surface area contributed by atoms with E-state index in [0.717, 1.165) is 19.0 Å². The van der Waals surface area contributed by atoms with Crippen LogP contribution in [0.3, 0.4) is 0 Å². The molecule has 1 heterocycles. The highest BCUT2D eigenvalue weighted by atomic mass is 32.2. The molecular formula is C10H18N2S. The van der Waals surface area contributed by atoms with E-state index in [4.69, 9.17) is 5.26 Å². The molecule has 0 spiro atoms. The molecule has 0 aliphatic carbocycles. The normalized spacial score (nSPS) is 22.1. The van der Waals surface area contributed by atoms with E-state index in [-0.39, 0.29) is 0 Å². The molecule has 0 aromatic rings. The van der Waals surface area contributed by atoms with Crippen LogP contribution in [0.4, 0.5) is 0 Å². The van der Waals surface area contributed by atoms with Gasteiger partial charge in [0, 0.05) is 18.2 Å². The predicted octanol–water partition coefficient (Wildman–Crippen LogP) is 2.12. The van der Waals surface area contributed by atoms with Crippen LogP contribution in [-0.4, -0.2) is 36.0 Å². The van der Waals surface area contributed by atoms with Crippen molar-refractivity contribution in [2.75, 3.05) is 25.1 Å². The largest absolute Gasteiger partial charge is 0.303 e. The number of hydrogen-bond donors (Lipinski definition) is 0. The van der Waals surface area contributed by atoms with E-state index in [2.05, 4.69) is 29.8 Å². The third-order valence-electron chi connectivity index (χ3n) is 2.58. The van der Waals surface area contributed by atoms with Gasteiger partial charge in [0.2, 0.25) is 0 Å². The Bertz CT molecular complexity index is 170. The van der Waals surface area contributed by atoms with Gasteiger partial charge in [0.1, 0.15) is 0 Å². The molecule has 0 N–H and O–H groups in total. The first-order valence-corrected chi connectivity index (χ1v) is 6.15. The Labute approximate surface area is 85.3 Å². The summed E-state index contributed by atoms with van der Waals surface area (Å²) in [6.07, 6.45) is 4.29. The molecule has 1 aliphatic rings. The van der Waals surface area contributed by atoms with E-state index in [1.54, 1.807) is 0 Å². The number of thioether (sulfide) groups is 1. The number of nitrogens with zero attached hydrogens (tertiary/aromatic N) is 2. The summed E-state index contributed by atoms with van der Waals surface area (Å²) >= 11 is 2.06. The maximum absolute atomic E-state index is 8.38. The summed E-state index contributed by atoms with van der Waals surface area (Å²) in [7, 11) is 2.21. The van der Waals surface area contributed by atoms with Crippen LogP contribution in [0, 0.1) is 11.3 Å². The monoisotopic (exact) mass is 198 g/mol. The van der Waals surface area contributed by atoms with Crippen molar-refractivity contribution in [1.82, 2.24) is 4.90 Å². The fraction of sp³-hybridized carbons (Fsp3) is 0.900. The zero-order chi connectivity index (χ0) is 9.52. The number of unbranched alkanes of at least 4 members (excludes halogenated alkanes) is 2. The molecule has 1 unspecified atom stereocenters. The number of nitriles is 1. The summed E-state index contributed by atoms with van der Waals surface area (Å²) in [5, 5.41) is 8.38. The number of hydrogen-bond acceptors (Lipinski definition) is 3. The van der Waals surface area contributed by atoms with Crippen molar-refractivity contribution in [1.29, 1.82) is 5.26 Å². The van der Waals surface area contributed by atoms with Crippen LogP contribution in [0.1, 0.15) is 25.7 Å². The molecule has 13 heavy (non-hydrogen) atoms. The van der Waals surface area contributed by atoms with Crippen LogP contribution < -0.4 is 0 Å². The second kappa shape index (κ2) is 6.28. The molecule has 0 aromatic carbocycles. The van der Waals surface area contributed by atoms with E-state index in [0.29, 0.717) is 6.42 Å². The Morgan fingerprint density at radius 3 is 3.00 bits per heavy atom. The Balaban J connectivity index is 2.03. The lowest BCUT2D eigenvalue weighted by atomic mass is 10.2. The summed E-state index contributed by atoms with van der Waals surface area (Å²) in [5.41, 5.74) is 0. The van der Waals surface area contributed by atoms with E-state index in [1.807, 2.05) is 0 Å². The second-order valence-corrected chi connectivity index (χ2v) is 4.76. The topological polar surface area (TPSA) is 27.0 Å². The van der Waals surface area contributed by atoms with Gasteiger partial charge in [0.05, 0.1) is 6.07 Å². The van der Waals surface area contributed by atoms with E-state index >= 15 is 0 Å². The van der Waals surface area contributed by atoms with Crippen LogP contribution in [0.25, 0.3) is 0 Å². The first-order chi connectivity index (χ1) is 6.34. The third kappa shape index (κ3) is 4.02. The van der Waals surface area contributed by atoms with Gasteiger partial charge in [-0.3, -0.25) is 0 Å². The Morgan fingerprint density at radius 1 is 1.54 bits per heavy atom. The van der Waals surface area contributed by atoms with Crippen molar-refractivity contribution >= 4 is 11.8 Å². The summed E-state index contributed by atoms with van der Waals surface area (Å²) in [4.78, 5) is 2.46. The van der Waals surface area contributed by atoms with E-state index in [1.165, 1.54) is 24.3 Å². The van der Waals surface area contributed by atoms with Gasteiger partial charge in [-0.15, -0.1) is 0 Å². The molecule has 1 rings (SSSR count). The average molecular weight is 198 g/mol. The van der Waals surface area contributed by atoms with E-state index < -0.39 is 0 Å². The van der Waals surface area contributed by atoms with Gasteiger partial charge >= 0.3 is 0 Å². The Kier molecular flexibility index (Phi) is 5.26. The minimum absolute atomic E-state index is 0.716. The lowest BCUT2D eigenvalue weighted by molar-refractivity contribution is 0.258. The fourth-order valence-electron chi connectivity index (χ4n) is 1.62. The summed E-state index contributed by atoms with van der Waals surface area (Å²) in [6, 6.07) is 2.99. The highest BCUT2D eigenvalue weighted by Gasteiger charge is 2.18. The summed E-state index contributed by atoms with van der Waals surface area (Å²) < 4.78 is 0. The molecule has 1 atom stereocenters. The predicted molar refractivity (Wildman–Crippen MR) is 57.8 cm³/mol. The zero-order valence-electron chi connectivity index (χ0n) is 8.33. The summed E-state index contributed by atoms with van der Waals surface area (Å²) in [6.45, 7) is 1.16. The van der Waals surface area contributed by atoms with Gasteiger partial charge in [-0.2, -0.15) is 17.0 Å². The highest BCUT2D eigenvalue weighted by molar-refractivity contribution is 7.99. The van der Waals surface area contributed by atoms with Crippen LogP contribution in [0.2, 0.25) is 0 Å². The molecule has 0 bridgehead atoms. The van der Waals surface area contributed by atoms with Gasteiger partial charge in [-0.1, -0.05) is 0 Å². The highest BCUT2D eigenvalue weighted by Crippen LogP contribution is 2.21. The third-order valence-corrected chi connectivity index (χ3v) is 3.72. The van der Waals surface area contributed by atoms with Crippen molar-refractivity contribution in [3.8, 4) is 6.07 Å². The zero-order valence-corrected chi connectivity index (χ0v) is 9.15. The van der Waals surface area contributed by atoms with Gasteiger partial charge < -0.3 is 4.90 Å². The molecular weight excluding hydrogens is 180 g/mol. The van der Waals surface area contributed by atoms with Gasteiger partial charge in [-0.05, 0) is 38.6 Å². The quantitative estimate of drug-likeness (QED) is 0.633. The minimum atomic E-state index is 0.716. The van der Waals surface area contributed by atoms with Crippen LogP contribution >= 0.6 is 11.8 Å².